The van der Waals surface area contributed by atoms with Crippen molar-refractivity contribution in [1.29, 1.82) is 0 Å². The maximum atomic E-state index is 12.2. The van der Waals surface area contributed by atoms with Gasteiger partial charge in [-0.25, -0.2) is 4.68 Å². The van der Waals surface area contributed by atoms with Crippen LogP contribution in [0.1, 0.15) is 35.7 Å². The zero-order valence-corrected chi connectivity index (χ0v) is 16.0. The molecule has 0 bridgehead atoms. The van der Waals surface area contributed by atoms with Gasteiger partial charge in [0.05, 0.1) is 6.20 Å². The molecule has 28 heavy (non-hydrogen) atoms. The number of ether oxygens (including phenoxy) is 1. The van der Waals surface area contributed by atoms with Crippen LogP contribution in [-0.2, 0) is 37.2 Å². The Balaban J connectivity index is 1.29. The summed E-state index contributed by atoms with van der Waals surface area (Å²) in [4.78, 5) is 12.2. The molecule has 0 unspecified atom stereocenters. The summed E-state index contributed by atoms with van der Waals surface area (Å²) in [7, 11) is 0. The smallest absolute Gasteiger partial charge is 0.246 e. The van der Waals surface area contributed by atoms with Gasteiger partial charge in [-0.2, -0.15) is 0 Å². The van der Waals surface area contributed by atoms with Crippen LogP contribution in [0.5, 0.6) is 5.75 Å². The van der Waals surface area contributed by atoms with Gasteiger partial charge in [0.2, 0.25) is 5.91 Å². The minimum absolute atomic E-state index is 0.112. The maximum Gasteiger partial charge on any atom is 0.246 e. The molecule has 144 valence electrons. The lowest BCUT2D eigenvalue weighted by Crippen LogP contribution is -2.19. The van der Waals surface area contributed by atoms with Gasteiger partial charge < -0.3 is 10.1 Å². The van der Waals surface area contributed by atoms with E-state index < -0.39 is 0 Å². The Hall–Kier alpha value is -3.15. The van der Waals surface area contributed by atoms with E-state index in [9.17, 15) is 4.79 Å². The summed E-state index contributed by atoms with van der Waals surface area (Å²) in [5, 5.41) is 11.0. The molecule has 1 aromatic heterocycles. The first kappa shape index (κ1) is 18.2. The number of carbonyl (C=O) groups excluding carboxylic acids is 1. The molecule has 0 atom stereocenters. The highest BCUT2D eigenvalue weighted by molar-refractivity contribution is 5.90. The third-order valence-electron chi connectivity index (χ3n) is 4.99. The van der Waals surface area contributed by atoms with Gasteiger partial charge in [-0.1, -0.05) is 30.3 Å². The fourth-order valence-electron chi connectivity index (χ4n) is 3.45. The number of nitrogens with one attached hydrogen (secondary N) is 1. The van der Waals surface area contributed by atoms with E-state index in [-0.39, 0.29) is 12.5 Å². The van der Waals surface area contributed by atoms with E-state index in [2.05, 4.69) is 34.7 Å². The Morgan fingerprint density at radius 3 is 2.79 bits per heavy atom. The van der Waals surface area contributed by atoms with Crippen LogP contribution >= 0.6 is 0 Å². The fourth-order valence-corrected chi connectivity index (χ4v) is 3.45. The number of aryl methyl sites for hydroxylation is 3. The van der Waals surface area contributed by atoms with Crippen molar-refractivity contribution in [3.8, 4) is 5.75 Å². The largest absolute Gasteiger partial charge is 0.487 e. The Morgan fingerprint density at radius 1 is 1.14 bits per heavy atom. The third-order valence-corrected chi connectivity index (χ3v) is 4.99. The van der Waals surface area contributed by atoms with Crippen molar-refractivity contribution in [3.63, 3.8) is 0 Å². The molecule has 1 amide bonds. The fraction of sp³-hybridized carbons (Fsp3) is 0.318. The third kappa shape index (κ3) is 4.39. The second-order valence-corrected chi connectivity index (χ2v) is 7.08. The molecule has 0 saturated carbocycles. The van der Waals surface area contributed by atoms with Crippen LogP contribution in [0.25, 0.3) is 0 Å². The van der Waals surface area contributed by atoms with Crippen LogP contribution in [0.4, 0.5) is 5.69 Å². The van der Waals surface area contributed by atoms with Crippen molar-refractivity contribution in [1.82, 2.24) is 15.0 Å². The number of anilines is 1. The minimum atomic E-state index is -0.139. The van der Waals surface area contributed by atoms with Crippen molar-refractivity contribution >= 4 is 11.6 Å². The van der Waals surface area contributed by atoms with Crippen molar-refractivity contribution < 1.29 is 9.53 Å². The van der Waals surface area contributed by atoms with E-state index in [4.69, 9.17) is 4.74 Å². The number of fused-ring (bicyclic) bond motifs is 1. The first-order chi connectivity index (χ1) is 13.7. The monoisotopic (exact) mass is 376 g/mol. The van der Waals surface area contributed by atoms with Crippen molar-refractivity contribution in [2.45, 2.75) is 45.8 Å². The van der Waals surface area contributed by atoms with Crippen molar-refractivity contribution in [2.24, 2.45) is 0 Å². The summed E-state index contributed by atoms with van der Waals surface area (Å²) in [6, 6.07) is 14.1. The topological polar surface area (TPSA) is 69.0 Å². The number of hydrogen-bond donors (Lipinski definition) is 1. The lowest BCUT2D eigenvalue weighted by molar-refractivity contribution is -0.116. The van der Waals surface area contributed by atoms with E-state index in [0.29, 0.717) is 12.3 Å². The highest BCUT2D eigenvalue weighted by Crippen LogP contribution is 2.26. The van der Waals surface area contributed by atoms with E-state index in [1.54, 1.807) is 6.20 Å². The number of amides is 1. The predicted octanol–water partition coefficient (Wildman–Crippen LogP) is 3.55. The molecule has 1 N–H and O–H groups in total. The van der Waals surface area contributed by atoms with Crippen LogP contribution in [0, 0.1) is 0 Å². The molecule has 6 nitrogen and oxygen atoms in total. The van der Waals surface area contributed by atoms with E-state index in [1.807, 2.05) is 30.3 Å². The number of carbonyl (C=O) groups is 1. The van der Waals surface area contributed by atoms with Gasteiger partial charge in [-0.05, 0) is 66.6 Å². The zero-order chi connectivity index (χ0) is 19.3. The minimum Gasteiger partial charge on any atom is -0.487 e. The quantitative estimate of drug-likeness (QED) is 0.685. The summed E-state index contributed by atoms with van der Waals surface area (Å²) < 4.78 is 7.36. The van der Waals surface area contributed by atoms with Gasteiger partial charge in [-0.15, -0.1) is 5.10 Å². The molecule has 2 aromatic carbocycles. The summed E-state index contributed by atoms with van der Waals surface area (Å²) in [6.07, 6.45) is 6.22. The van der Waals surface area contributed by atoms with Gasteiger partial charge in [0, 0.05) is 5.69 Å². The van der Waals surface area contributed by atoms with Gasteiger partial charge in [-0.3, -0.25) is 4.79 Å². The molecule has 1 aliphatic carbocycles. The molecule has 3 aromatic rings. The highest BCUT2D eigenvalue weighted by Gasteiger charge is 2.12. The van der Waals surface area contributed by atoms with Gasteiger partial charge in [0.15, 0.2) is 0 Å². The standard InChI is InChI=1S/C22H24N4O2/c1-2-16-6-9-19(10-7-16)23-22(27)14-26-13-20(24-25-26)15-28-21-11-8-17-4-3-5-18(17)12-21/h6-13H,2-5,14-15H2,1H3,(H,23,27). The predicted molar refractivity (Wildman–Crippen MR) is 107 cm³/mol. The van der Waals surface area contributed by atoms with Gasteiger partial charge in [0.25, 0.3) is 0 Å². The number of hydrogen-bond acceptors (Lipinski definition) is 4. The van der Waals surface area contributed by atoms with Crippen LogP contribution in [0.2, 0.25) is 0 Å². The highest BCUT2D eigenvalue weighted by atomic mass is 16.5. The Morgan fingerprint density at radius 2 is 1.96 bits per heavy atom. The number of benzene rings is 2. The van der Waals surface area contributed by atoms with Crippen molar-refractivity contribution in [2.75, 3.05) is 5.32 Å². The van der Waals surface area contributed by atoms with E-state index in [1.165, 1.54) is 27.8 Å². The number of aromatic nitrogens is 3. The van der Waals surface area contributed by atoms with Gasteiger partial charge >= 0.3 is 0 Å². The molecule has 0 spiro atoms. The van der Waals surface area contributed by atoms with E-state index in [0.717, 1.165) is 30.7 Å². The number of rotatable bonds is 7. The van der Waals surface area contributed by atoms with Crippen molar-refractivity contribution in [3.05, 3.63) is 71.0 Å². The number of nitrogens with zero attached hydrogens (tertiary/aromatic N) is 3. The van der Waals surface area contributed by atoms with Crippen LogP contribution in [0.3, 0.4) is 0 Å². The molecular formula is C22H24N4O2. The zero-order valence-electron chi connectivity index (χ0n) is 16.0. The average Bonchev–Trinajstić information content (AvgIpc) is 3.35. The molecule has 4 rings (SSSR count). The first-order valence-corrected chi connectivity index (χ1v) is 9.72. The lowest BCUT2D eigenvalue weighted by Gasteiger charge is -2.06. The molecule has 0 aliphatic heterocycles. The summed E-state index contributed by atoms with van der Waals surface area (Å²) in [5.41, 5.74) is 5.52. The van der Waals surface area contributed by atoms with Gasteiger partial charge in [0.1, 0.15) is 24.6 Å². The Kier molecular flexibility index (Phi) is 5.37. The molecular weight excluding hydrogens is 352 g/mol. The molecule has 6 heteroatoms. The summed E-state index contributed by atoms with van der Waals surface area (Å²) >= 11 is 0. The molecule has 0 radical (unpaired) electrons. The second kappa shape index (κ2) is 8.25. The lowest BCUT2D eigenvalue weighted by atomic mass is 10.1. The summed E-state index contributed by atoms with van der Waals surface area (Å²) in [5.74, 6) is 0.712. The first-order valence-electron chi connectivity index (χ1n) is 9.72. The molecule has 1 heterocycles. The molecule has 0 saturated heterocycles. The van der Waals surface area contributed by atoms with Crippen LogP contribution in [0.15, 0.2) is 48.7 Å². The second-order valence-electron chi connectivity index (χ2n) is 7.08. The normalized spacial score (nSPS) is 12.6. The Labute approximate surface area is 164 Å². The molecule has 1 aliphatic rings. The SMILES string of the molecule is CCc1ccc(NC(=O)Cn2cc(COc3ccc4c(c3)CCC4)nn2)cc1. The van der Waals surface area contributed by atoms with Crippen LogP contribution < -0.4 is 10.1 Å². The Bertz CT molecular complexity index is 963. The summed E-state index contributed by atoms with van der Waals surface area (Å²) in [6.45, 7) is 2.55. The maximum absolute atomic E-state index is 12.2. The van der Waals surface area contributed by atoms with Crippen LogP contribution in [-0.4, -0.2) is 20.9 Å². The van der Waals surface area contributed by atoms with E-state index >= 15 is 0 Å². The molecule has 0 fully saturated rings. The average molecular weight is 376 g/mol.